The molecule has 0 aromatic heterocycles. The zero-order valence-electron chi connectivity index (χ0n) is 15.9. The van der Waals surface area contributed by atoms with Crippen LogP contribution in [0.25, 0.3) is 0 Å². The van der Waals surface area contributed by atoms with Crippen LogP contribution >= 0.6 is 0 Å². The monoisotopic (exact) mass is 375 g/mol. The van der Waals surface area contributed by atoms with Crippen LogP contribution in [0.1, 0.15) is 18.9 Å². The van der Waals surface area contributed by atoms with Crippen molar-refractivity contribution in [1.29, 1.82) is 0 Å². The molecule has 1 N–H and O–H groups in total. The van der Waals surface area contributed by atoms with Gasteiger partial charge in [0.1, 0.15) is 6.61 Å². The maximum atomic E-state index is 12.6. The van der Waals surface area contributed by atoms with Crippen LogP contribution in [0.3, 0.4) is 0 Å². The molecule has 7 heteroatoms. The summed E-state index contributed by atoms with van der Waals surface area (Å²) >= 11 is 0. The van der Waals surface area contributed by atoms with E-state index < -0.39 is 18.0 Å². The molecule has 2 heterocycles. The van der Waals surface area contributed by atoms with Crippen molar-refractivity contribution in [2.45, 2.75) is 26.0 Å². The topological polar surface area (TPSA) is 73.3 Å². The molecule has 2 atom stereocenters. The summed E-state index contributed by atoms with van der Waals surface area (Å²) < 4.78 is 5.43. The lowest BCUT2D eigenvalue weighted by atomic mass is 9.93. The third kappa shape index (κ3) is 5.20. The van der Waals surface area contributed by atoms with E-state index in [2.05, 4.69) is 16.7 Å². The average molecular weight is 375 g/mol. The maximum absolute atomic E-state index is 12.6. The number of piperazine rings is 1. The largest absolute Gasteiger partial charge is 0.481 e. The number of carboxylic acids is 1. The van der Waals surface area contributed by atoms with Crippen molar-refractivity contribution in [3.8, 4) is 0 Å². The number of hydrogen-bond donors (Lipinski definition) is 1. The fourth-order valence-corrected chi connectivity index (χ4v) is 3.92. The van der Waals surface area contributed by atoms with Gasteiger partial charge in [-0.25, -0.2) is 4.79 Å². The van der Waals surface area contributed by atoms with Gasteiger partial charge < -0.3 is 19.6 Å². The third-order valence-corrected chi connectivity index (χ3v) is 5.61. The Morgan fingerprint density at radius 3 is 2.44 bits per heavy atom. The van der Waals surface area contributed by atoms with Gasteiger partial charge in [0.05, 0.1) is 5.92 Å². The molecule has 3 rings (SSSR count). The molecule has 2 saturated heterocycles. The first-order valence-electron chi connectivity index (χ1n) is 9.71. The molecular weight excluding hydrogens is 346 g/mol. The molecule has 0 radical (unpaired) electrons. The number of carbonyl (C=O) groups excluding carboxylic acids is 1. The van der Waals surface area contributed by atoms with Crippen molar-refractivity contribution in [3.63, 3.8) is 0 Å². The van der Waals surface area contributed by atoms with Crippen molar-refractivity contribution in [2.75, 3.05) is 45.8 Å². The number of ether oxygens (including phenoxy) is 1. The summed E-state index contributed by atoms with van der Waals surface area (Å²) in [5.41, 5.74) is 0.921. The predicted molar refractivity (Wildman–Crippen MR) is 101 cm³/mol. The summed E-state index contributed by atoms with van der Waals surface area (Å²) in [7, 11) is 0. The minimum absolute atomic E-state index is 0.0723. The predicted octanol–water partition coefficient (Wildman–Crippen LogP) is 1.74. The van der Waals surface area contributed by atoms with Crippen molar-refractivity contribution >= 4 is 12.1 Å². The SMILES string of the molecule is CCN1CCN([C@H]2C[C@@H](C(=O)O)CN(C(=O)OCc3ccccc3)C2)CC1. The summed E-state index contributed by atoms with van der Waals surface area (Å²) in [6.07, 6.45) is 0.159. The molecular formula is C20H29N3O4. The molecule has 0 saturated carbocycles. The van der Waals surface area contributed by atoms with Gasteiger partial charge >= 0.3 is 12.1 Å². The van der Waals surface area contributed by atoms with E-state index in [-0.39, 0.29) is 19.2 Å². The number of hydrogen-bond acceptors (Lipinski definition) is 5. The second kappa shape index (κ2) is 9.19. The van der Waals surface area contributed by atoms with Gasteiger partial charge in [0.2, 0.25) is 0 Å². The summed E-state index contributed by atoms with van der Waals surface area (Å²) in [4.78, 5) is 30.5. The number of rotatable bonds is 5. The quantitative estimate of drug-likeness (QED) is 0.845. The molecule has 1 amide bonds. The van der Waals surface area contributed by atoms with Crippen LogP contribution in [0.4, 0.5) is 4.79 Å². The first-order chi connectivity index (χ1) is 13.1. The van der Waals surface area contributed by atoms with Gasteiger partial charge in [-0.3, -0.25) is 9.69 Å². The number of benzene rings is 1. The lowest BCUT2D eigenvalue weighted by Crippen LogP contribution is -2.58. The van der Waals surface area contributed by atoms with Crippen LogP contribution in [0, 0.1) is 5.92 Å². The normalized spacial score (nSPS) is 24.6. The maximum Gasteiger partial charge on any atom is 0.410 e. The van der Waals surface area contributed by atoms with E-state index in [4.69, 9.17) is 4.74 Å². The van der Waals surface area contributed by atoms with Gasteiger partial charge in [-0.1, -0.05) is 37.3 Å². The number of piperidine rings is 1. The van der Waals surface area contributed by atoms with Crippen molar-refractivity contribution in [1.82, 2.24) is 14.7 Å². The summed E-state index contributed by atoms with van der Waals surface area (Å²) in [5, 5.41) is 9.54. The van der Waals surface area contributed by atoms with Crippen LogP contribution in [-0.4, -0.2) is 83.7 Å². The molecule has 0 spiro atoms. The van der Waals surface area contributed by atoms with E-state index in [1.54, 1.807) is 4.90 Å². The second-order valence-electron chi connectivity index (χ2n) is 7.34. The average Bonchev–Trinajstić information content (AvgIpc) is 2.72. The lowest BCUT2D eigenvalue weighted by molar-refractivity contribution is -0.144. The summed E-state index contributed by atoms with van der Waals surface area (Å²) in [5.74, 6) is -1.38. The van der Waals surface area contributed by atoms with E-state index in [1.807, 2.05) is 30.3 Å². The molecule has 1 aromatic carbocycles. The van der Waals surface area contributed by atoms with E-state index >= 15 is 0 Å². The lowest BCUT2D eigenvalue weighted by Gasteiger charge is -2.44. The van der Waals surface area contributed by atoms with Gasteiger partial charge in [0.25, 0.3) is 0 Å². The van der Waals surface area contributed by atoms with E-state index in [1.165, 1.54) is 0 Å². The second-order valence-corrected chi connectivity index (χ2v) is 7.34. The van der Waals surface area contributed by atoms with Crippen LogP contribution < -0.4 is 0 Å². The zero-order chi connectivity index (χ0) is 19.2. The highest BCUT2D eigenvalue weighted by Gasteiger charge is 2.37. The molecule has 1 aromatic rings. The summed E-state index contributed by atoms with van der Waals surface area (Å²) in [6, 6.07) is 9.59. The standard InChI is InChI=1S/C20H29N3O4/c1-2-21-8-10-22(11-9-21)18-12-17(19(24)25)13-23(14-18)20(26)27-15-16-6-4-3-5-7-16/h3-7,17-18H,2,8-15H2,1H3,(H,24,25)/t17-,18+/m1/s1. The third-order valence-electron chi connectivity index (χ3n) is 5.61. The van der Waals surface area contributed by atoms with E-state index in [9.17, 15) is 14.7 Å². The Balaban J connectivity index is 1.60. The molecule has 0 aliphatic carbocycles. The molecule has 0 bridgehead atoms. The molecule has 7 nitrogen and oxygen atoms in total. The number of carbonyl (C=O) groups is 2. The Hall–Kier alpha value is -2.12. The highest BCUT2D eigenvalue weighted by molar-refractivity contribution is 5.73. The molecule has 2 fully saturated rings. The number of amides is 1. The first-order valence-corrected chi connectivity index (χ1v) is 9.71. The van der Waals surface area contributed by atoms with Gasteiger partial charge in [0.15, 0.2) is 0 Å². The number of nitrogens with zero attached hydrogens (tertiary/aromatic N) is 3. The van der Waals surface area contributed by atoms with Crippen LogP contribution in [-0.2, 0) is 16.1 Å². The minimum Gasteiger partial charge on any atom is -0.481 e. The highest BCUT2D eigenvalue weighted by Crippen LogP contribution is 2.23. The van der Waals surface area contributed by atoms with Crippen molar-refractivity contribution in [2.24, 2.45) is 5.92 Å². The Kier molecular flexibility index (Phi) is 6.68. The van der Waals surface area contributed by atoms with Gasteiger partial charge in [-0.15, -0.1) is 0 Å². The Bertz CT molecular complexity index is 631. The molecule has 148 valence electrons. The van der Waals surface area contributed by atoms with E-state index in [0.717, 1.165) is 38.3 Å². The Labute approximate surface area is 160 Å². The Morgan fingerprint density at radius 1 is 1.11 bits per heavy atom. The van der Waals surface area contributed by atoms with Gasteiger partial charge in [-0.2, -0.15) is 0 Å². The minimum atomic E-state index is -0.840. The Morgan fingerprint density at radius 2 is 1.81 bits per heavy atom. The van der Waals surface area contributed by atoms with Crippen LogP contribution in [0.5, 0.6) is 0 Å². The van der Waals surface area contributed by atoms with Crippen LogP contribution in [0.15, 0.2) is 30.3 Å². The summed E-state index contributed by atoms with van der Waals surface area (Å²) in [6.45, 7) is 7.95. The van der Waals surface area contributed by atoms with Crippen LogP contribution in [0.2, 0.25) is 0 Å². The first kappa shape index (κ1) is 19.6. The van der Waals surface area contributed by atoms with Crippen molar-refractivity contribution in [3.05, 3.63) is 35.9 Å². The van der Waals surface area contributed by atoms with Gasteiger partial charge in [0, 0.05) is 45.3 Å². The highest BCUT2D eigenvalue weighted by atomic mass is 16.6. The molecule has 2 aliphatic rings. The van der Waals surface area contributed by atoms with Crippen molar-refractivity contribution < 1.29 is 19.4 Å². The fraction of sp³-hybridized carbons (Fsp3) is 0.600. The zero-order valence-corrected chi connectivity index (χ0v) is 15.9. The molecule has 2 aliphatic heterocycles. The smallest absolute Gasteiger partial charge is 0.410 e. The number of aliphatic carboxylic acids is 1. The van der Waals surface area contributed by atoms with Gasteiger partial charge in [-0.05, 0) is 18.5 Å². The number of likely N-dealkylation sites (tertiary alicyclic amines) is 1. The molecule has 0 unspecified atom stereocenters. The number of carboxylic acid groups (broad SMARTS) is 1. The van der Waals surface area contributed by atoms with E-state index in [0.29, 0.717) is 13.0 Å². The fourth-order valence-electron chi connectivity index (χ4n) is 3.92. The number of likely N-dealkylation sites (N-methyl/N-ethyl adjacent to an activating group) is 1. The molecule has 27 heavy (non-hydrogen) atoms.